The summed E-state index contributed by atoms with van der Waals surface area (Å²) >= 11 is 0. The molecule has 1 saturated heterocycles. The molecule has 1 aromatic heterocycles. The number of nitrogens with one attached hydrogen (secondary N) is 1. The number of ether oxygens (including phenoxy) is 2. The number of benzene rings is 1. The van der Waals surface area contributed by atoms with Crippen molar-refractivity contribution in [3.05, 3.63) is 30.0 Å². The predicted octanol–water partition coefficient (Wildman–Crippen LogP) is 0.670. The molecule has 4 rings (SSSR count). The Labute approximate surface area is 116 Å². The molecule has 0 unspecified atom stereocenters. The molecule has 0 radical (unpaired) electrons. The molecule has 3 heterocycles. The molecule has 0 saturated carbocycles. The SMILES string of the molecule is Cn1c2c(c3ccccc31)S(=O)(=O)NCC21OCCO1. The normalized spacial score (nSPS) is 23.2. The molecule has 7 heteroatoms. The number of rotatable bonds is 0. The van der Waals surface area contributed by atoms with Gasteiger partial charge in [-0.05, 0) is 6.07 Å². The molecule has 2 aliphatic heterocycles. The van der Waals surface area contributed by atoms with Gasteiger partial charge in [-0.2, -0.15) is 0 Å². The van der Waals surface area contributed by atoms with Crippen LogP contribution in [0.1, 0.15) is 5.69 Å². The van der Waals surface area contributed by atoms with Crippen LogP contribution in [0.15, 0.2) is 29.2 Å². The fourth-order valence-corrected chi connectivity index (χ4v) is 4.63. The van der Waals surface area contributed by atoms with E-state index in [0.29, 0.717) is 24.3 Å². The third kappa shape index (κ3) is 1.40. The Morgan fingerprint density at radius 1 is 1.25 bits per heavy atom. The predicted molar refractivity (Wildman–Crippen MR) is 71.7 cm³/mol. The molecular weight excluding hydrogens is 280 g/mol. The van der Waals surface area contributed by atoms with Gasteiger partial charge in [0.05, 0.1) is 19.8 Å². The number of nitrogens with zero attached hydrogens (tertiary/aromatic N) is 1. The van der Waals surface area contributed by atoms with E-state index in [1.807, 2.05) is 29.8 Å². The smallest absolute Gasteiger partial charge is 0.243 e. The fourth-order valence-electron chi connectivity index (χ4n) is 3.10. The Morgan fingerprint density at radius 2 is 1.95 bits per heavy atom. The fraction of sp³-hybridized carbons (Fsp3) is 0.385. The summed E-state index contributed by atoms with van der Waals surface area (Å²) in [5.41, 5.74) is 1.43. The van der Waals surface area contributed by atoms with Crippen LogP contribution in [0.3, 0.4) is 0 Å². The van der Waals surface area contributed by atoms with Crippen molar-refractivity contribution >= 4 is 20.9 Å². The van der Waals surface area contributed by atoms with Crippen molar-refractivity contribution in [3.63, 3.8) is 0 Å². The third-order valence-corrected chi connectivity index (χ3v) is 5.41. The molecule has 0 aliphatic carbocycles. The highest BCUT2D eigenvalue weighted by Gasteiger charge is 2.50. The lowest BCUT2D eigenvalue weighted by molar-refractivity contribution is -0.167. The highest BCUT2D eigenvalue weighted by Crippen LogP contribution is 2.42. The maximum atomic E-state index is 12.4. The van der Waals surface area contributed by atoms with E-state index in [9.17, 15) is 8.42 Å². The van der Waals surface area contributed by atoms with Gasteiger partial charge in [-0.15, -0.1) is 0 Å². The molecule has 106 valence electrons. The Hall–Kier alpha value is -1.41. The van der Waals surface area contributed by atoms with Crippen LogP contribution in [0, 0.1) is 0 Å². The van der Waals surface area contributed by atoms with Gasteiger partial charge in [0.15, 0.2) is 0 Å². The van der Waals surface area contributed by atoms with Crippen LogP contribution in [0.2, 0.25) is 0 Å². The largest absolute Gasteiger partial charge is 0.342 e. The third-order valence-electron chi connectivity index (χ3n) is 3.94. The zero-order valence-electron chi connectivity index (χ0n) is 10.9. The van der Waals surface area contributed by atoms with E-state index in [-0.39, 0.29) is 11.4 Å². The number of aryl methyl sites for hydroxylation is 1. The molecule has 2 aromatic rings. The zero-order chi connectivity index (χ0) is 14.0. The van der Waals surface area contributed by atoms with E-state index in [1.165, 1.54) is 0 Å². The summed E-state index contributed by atoms with van der Waals surface area (Å²) < 4.78 is 40.7. The first-order valence-electron chi connectivity index (χ1n) is 6.41. The van der Waals surface area contributed by atoms with E-state index in [4.69, 9.17) is 9.47 Å². The van der Waals surface area contributed by atoms with Crippen LogP contribution in [0.25, 0.3) is 10.9 Å². The summed E-state index contributed by atoms with van der Waals surface area (Å²) in [6.07, 6.45) is 0. The van der Waals surface area contributed by atoms with Crippen LogP contribution in [-0.4, -0.2) is 32.7 Å². The summed E-state index contributed by atoms with van der Waals surface area (Å²) in [5.74, 6) is -1.01. The summed E-state index contributed by atoms with van der Waals surface area (Å²) in [4.78, 5) is 0.267. The molecule has 1 spiro atoms. The maximum absolute atomic E-state index is 12.4. The molecule has 0 bridgehead atoms. The van der Waals surface area contributed by atoms with E-state index < -0.39 is 15.8 Å². The second-order valence-electron chi connectivity index (χ2n) is 5.03. The number of aromatic nitrogens is 1. The highest BCUT2D eigenvalue weighted by atomic mass is 32.2. The van der Waals surface area contributed by atoms with E-state index >= 15 is 0 Å². The quantitative estimate of drug-likeness (QED) is 0.775. The first kappa shape index (κ1) is 12.3. The van der Waals surface area contributed by atoms with E-state index in [1.54, 1.807) is 6.07 Å². The van der Waals surface area contributed by atoms with Gasteiger partial charge in [0, 0.05) is 18.0 Å². The molecule has 0 atom stereocenters. The van der Waals surface area contributed by atoms with Crippen molar-refractivity contribution in [1.82, 2.24) is 9.29 Å². The van der Waals surface area contributed by atoms with Gasteiger partial charge in [-0.1, -0.05) is 18.2 Å². The van der Waals surface area contributed by atoms with Gasteiger partial charge in [-0.25, -0.2) is 13.1 Å². The minimum atomic E-state index is -3.54. The topological polar surface area (TPSA) is 69.6 Å². The Morgan fingerprint density at radius 3 is 2.70 bits per heavy atom. The van der Waals surface area contributed by atoms with Crippen LogP contribution >= 0.6 is 0 Å². The zero-order valence-corrected chi connectivity index (χ0v) is 11.7. The van der Waals surface area contributed by atoms with Gasteiger partial charge in [0.25, 0.3) is 0 Å². The van der Waals surface area contributed by atoms with E-state index in [0.717, 1.165) is 5.52 Å². The molecule has 20 heavy (non-hydrogen) atoms. The van der Waals surface area contributed by atoms with Gasteiger partial charge in [-0.3, -0.25) is 0 Å². The molecule has 1 aromatic carbocycles. The number of sulfonamides is 1. The lowest BCUT2D eigenvalue weighted by Gasteiger charge is -2.32. The minimum Gasteiger partial charge on any atom is -0.342 e. The van der Waals surface area contributed by atoms with E-state index in [2.05, 4.69) is 4.72 Å². The standard InChI is InChI=1S/C13H14N2O4S/c1-15-10-5-3-2-4-9(10)11-12(15)13(18-6-7-19-13)8-14-20(11,16)17/h2-5,14H,6-8H2,1H3. The van der Waals surface area contributed by atoms with Gasteiger partial charge >= 0.3 is 0 Å². The summed E-state index contributed by atoms with van der Waals surface area (Å²) in [5, 5.41) is 0.690. The van der Waals surface area contributed by atoms with Crippen LogP contribution in [0.5, 0.6) is 0 Å². The van der Waals surface area contributed by atoms with Gasteiger partial charge < -0.3 is 14.0 Å². The number of fused-ring (bicyclic) bond motifs is 4. The lowest BCUT2D eigenvalue weighted by atomic mass is 10.1. The lowest BCUT2D eigenvalue weighted by Crippen LogP contribution is -2.48. The highest BCUT2D eigenvalue weighted by molar-refractivity contribution is 7.89. The van der Waals surface area contributed by atoms with Crippen LogP contribution in [-0.2, 0) is 32.3 Å². The monoisotopic (exact) mass is 294 g/mol. The molecule has 1 fully saturated rings. The summed E-state index contributed by atoms with van der Waals surface area (Å²) in [6, 6.07) is 7.42. The first-order chi connectivity index (χ1) is 9.55. The molecule has 0 amide bonds. The molecule has 6 nitrogen and oxygen atoms in total. The Kier molecular flexibility index (Phi) is 2.36. The average molecular weight is 294 g/mol. The van der Waals surface area contributed by atoms with Gasteiger partial charge in [0.2, 0.25) is 15.8 Å². The summed E-state index contributed by atoms with van der Waals surface area (Å²) in [6.45, 7) is 1.03. The summed E-state index contributed by atoms with van der Waals surface area (Å²) in [7, 11) is -1.70. The number of hydrogen-bond donors (Lipinski definition) is 1. The van der Waals surface area contributed by atoms with Crippen molar-refractivity contribution in [2.75, 3.05) is 19.8 Å². The van der Waals surface area contributed by atoms with Crippen molar-refractivity contribution in [2.24, 2.45) is 7.05 Å². The number of hydrogen-bond acceptors (Lipinski definition) is 4. The van der Waals surface area contributed by atoms with Crippen LogP contribution < -0.4 is 4.72 Å². The van der Waals surface area contributed by atoms with Crippen molar-refractivity contribution in [3.8, 4) is 0 Å². The number of para-hydroxylation sites is 1. The van der Waals surface area contributed by atoms with Crippen molar-refractivity contribution < 1.29 is 17.9 Å². The molecule has 1 N–H and O–H groups in total. The second-order valence-corrected chi connectivity index (χ2v) is 6.73. The van der Waals surface area contributed by atoms with Gasteiger partial charge in [0.1, 0.15) is 10.6 Å². The Bertz CT molecular complexity index is 803. The van der Waals surface area contributed by atoms with Crippen molar-refractivity contribution in [2.45, 2.75) is 10.7 Å². The molecule has 2 aliphatic rings. The maximum Gasteiger partial charge on any atom is 0.243 e. The minimum absolute atomic E-state index is 0.104. The Balaban J connectivity index is 2.17. The van der Waals surface area contributed by atoms with Crippen molar-refractivity contribution in [1.29, 1.82) is 0 Å². The first-order valence-corrected chi connectivity index (χ1v) is 7.89. The van der Waals surface area contributed by atoms with Crippen LogP contribution in [0.4, 0.5) is 0 Å². The molecular formula is C13H14N2O4S. The average Bonchev–Trinajstić information content (AvgIpc) is 3.01. The second kappa shape index (κ2) is 3.82.